The minimum Gasteiger partial charge on any atom is -0.468 e. The molecular weight excluding hydrogens is 328 g/mol. The summed E-state index contributed by atoms with van der Waals surface area (Å²) in [5, 5.41) is 1.05. The van der Waals surface area contributed by atoms with Crippen molar-refractivity contribution in [3.63, 3.8) is 0 Å². The number of piperidine rings is 2. The van der Waals surface area contributed by atoms with Crippen molar-refractivity contribution in [1.29, 1.82) is 0 Å². The van der Waals surface area contributed by atoms with E-state index in [-0.39, 0.29) is 17.9 Å². The zero-order valence-corrected chi connectivity index (χ0v) is 15.2. The number of hydrogen-bond acceptors (Lipinski definition) is 3. The van der Waals surface area contributed by atoms with Gasteiger partial charge in [-0.15, -0.1) is 0 Å². The number of para-hydroxylation sites is 1. The molecule has 4 bridgehead atoms. The van der Waals surface area contributed by atoms with Crippen LogP contribution in [0.5, 0.6) is 0 Å². The third-order valence-electron chi connectivity index (χ3n) is 6.97. The van der Waals surface area contributed by atoms with E-state index in [0.29, 0.717) is 18.3 Å². The van der Waals surface area contributed by atoms with Crippen molar-refractivity contribution < 1.29 is 14.3 Å². The summed E-state index contributed by atoms with van der Waals surface area (Å²) in [4.78, 5) is 32.0. The standard InChI is InChI=1S/C21H24N2O3/c1-3-13-8-12-10-21(20(25)26-2)18-15(9-17(24)23(11-12)19(13)21)14-6-4-5-7-16(14)22-18/h4-7,12-13,19,22H,3,8-11H2,1-2H3. The summed E-state index contributed by atoms with van der Waals surface area (Å²) in [6.45, 7) is 2.95. The normalized spacial score (nSPS) is 32.5. The molecule has 1 aliphatic carbocycles. The molecule has 1 N–H and O–H groups in total. The Labute approximate surface area is 152 Å². The number of esters is 1. The monoisotopic (exact) mass is 352 g/mol. The number of aromatic amines is 1. The molecule has 4 unspecified atom stereocenters. The molecule has 2 saturated heterocycles. The molecule has 1 saturated carbocycles. The second-order valence-corrected chi connectivity index (χ2v) is 8.13. The Bertz CT molecular complexity index is 917. The first kappa shape index (κ1) is 15.9. The number of H-pyrrole nitrogens is 1. The molecule has 4 aliphatic rings. The number of rotatable bonds is 2. The highest BCUT2D eigenvalue weighted by atomic mass is 16.5. The van der Waals surface area contributed by atoms with Crippen molar-refractivity contribution in [2.24, 2.45) is 11.8 Å². The van der Waals surface area contributed by atoms with E-state index >= 15 is 0 Å². The van der Waals surface area contributed by atoms with Gasteiger partial charge >= 0.3 is 5.97 Å². The van der Waals surface area contributed by atoms with Crippen LogP contribution in [-0.2, 0) is 26.2 Å². The third kappa shape index (κ3) is 1.81. The smallest absolute Gasteiger partial charge is 0.319 e. The van der Waals surface area contributed by atoms with Crippen LogP contribution in [0.3, 0.4) is 0 Å². The number of methoxy groups -OCH3 is 1. The Morgan fingerprint density at radius 1 is 1.38 bits per heavy atom. The second-order valence-electron chi connectivity index (χ2n) is 8.13. The van der Waals surface area contributed by atoms with Gasteiger partial charge in [0.15, 0.2) is 0 Å². The van der Waals surface area contributed by atoms with E-state index < -0.39 is 5.41 Å². The number of amides is 1. The van der Waals surface area contributed by atoms with E-state index in [1.54, 1.807) is 0 Å². The van der Waals surface area contributed by atoms with Gasteiger partial charge < -0.3 is 14.6 Å². The van der Waals surface area contributed by atoms with Crippen molar-refractivity contribution >= 4 is 22.8 Å². The number of aromatic nitrogens is 1. The molecule has 4 heterocycles. The first-order valence-corrected chi connectivity index (χ1v) is 9.58. The molecule has 0 spiro atoms. The summed E-state index contributed by atoms with van der Waals surface area (Å²) in [7, 11) is 1.47. The summed E-state index contributed by atoms with van der Waals surface area (Å²) < 4.78 is 5.36. The largest absolute Gasteiger partial charge is 0.468 e. The van der Waals surface area contributed by atoms with E-state index in [2.05, 4.69) is 11.9 Å². The first-order chi connectivity index (χ1) is 12.6. The van der Waals surface area contributed by atoms with Gasteiger partial charge in [0.25, 0.3) is 0 Å². The van der Waals surface area contributed by atoms with E-state index in [9.17, 15) is 9.59 Å². The first-order valence-electron chi connectivity index (χ1n) is 9.58. The zero-order chi connectivity index (χ0) is 18.1. The number of carbonyl (C=O) groups excluding carboxylic acids is 2. The summed E-state index contributed by atoms with van der Waals surface area (Å²) >= 11 is 0. The van der Waals surface area contributed by atoms with E-state index in [4.69, 9.17) is 4.74 Å². The number of ether oxygens (including phenoxy) is 1. The zero-order valence-electron chi connectivity index (χ0n) is 15.2. The van der Waals surface area contributed by atoms with Crippen LogP contribution < -0.4 is 0 Å². The second kappa shape index (κ2) is 5.35. The van der Waals surface area contributed by atoms with E-state index in [1.165, 1.54) is 7.11 Å². The van der Waals surface area contributed by atoms with Gasteiger partial charge in [-0.1, -0.05) is 31.5 Å². The van der Waals surface area contributed by atoms with Gasteiger partial charge in [-0.3, -0.25) is 9.59 Å². The van der Waals surface area contributed by atoms with E-state index in [1.807, 2.05) is 29.2 Å². The lowest BCUT2D eigenvalue weighted by Crippen LogP contribution is -2.68. The van der Waals surface area contributed by atoms with Gasteiger partial charge in [-0.2, -0.15) is 0 Å². The highest BCUT2D eigenvalue weighted by Gasteiger charge is 2.64. The lowest BCUT2D eigenvalue weighted by molar-refractivity contribution is -0.167. The van der Waals surface area contributed by atoms with Crippen LogP contribution in [0.15, 0.2) is 24.3 Å². The molecule has 26 heavy (non-hydrogen) atoms. The summed E-state index contributed by atoms with van der Waals surface area (Å²) in [6.07, 6.45) is 3.20. The number of benzene rings is 1. The molecule has 1 amide bonds. The fourth-order valence-corrected chi connectivity index (χ4v) is 6.07. The average molecular weight is 352 g/mol. The molecule has 0 radical (unpaired) electrons. The van der Waals surface area contributed by atoms with Gasteiger partial charge in [0.2, 0.25) is 5.91 Å². The Morgan fingerprint density at radius 3 is 2.96 bits per heavy atom. The minimum atomic E-state index is -0.767. The molecule has 1 aromatic carbocycles. The molecular formula is C21H24N2O3. The number of hydrogen-bond donors (Lipinski definition) is 1. The molecule has 3 aliphatic heterocycles. The van der Waals surface area contributed by atoms with Crippen molar-refractivity contribution in [1.82, 2.24) is 9.88 Å². The molecule has 136 valence electrons. The number of nitrogens with zero attached hydrogens (tertiary/aromatic N) is 1. The van der Waals surface area contributed by atoms with Gasteiger partial charge in [-0.05, 0) is 36.3 Å². The van der Waals surface area contributed by atoms with Crippen molar-refractivity contribution in [3.8, 4) is 0 Å². The SMILES string of the molecule is CCC1CC2CN3C(=O)Cc4c([nH]c5ccccc45)C(C(=O)OC)(C2)C13. The maximum absolute atomic E-state index is 13.3. The maximum atomic E-state index is 13.3. The summed E-state index contributed by atoms with van der Waals surface area (Å²) in [6, 6.07) is 7.94. The molecule has 5 heteroatoms. The molecule has 5 nitrogen and oxygen atoms in total. The fourth-order valence-electron chi connectivity index (χ4n) is 6.07. The lowest BCUT2D eigenvalue weighted by atomic mass is 9.56. The predicted octanol–water partition coefficient (Wildman–Crippen LogP) is 2.78. The fraction of sp³-hybridized carbons (Fsp3) is 0.524. The quantitative estimate of drug-likeness (QED) is 0.846. The van der Waals surface area contributed by atoms with Crippen LogP contribution in [0.4, 0.5) is 0 Å². The summed E-state index contributed by atoms with van der Waals surface area (Å²) in [5.41, 5.74) is 2.14. The van der Waals surface area contributed by atoms with Gasteiger partial charge in [0.05, 0.1) is 19.6 Å². The van der Waals surface area contributed by atoms with Crippen LogP contribution in [-0.4, -0.2) is 41.5 Å². The van der Waals surface area contributed by atoms with E-state index in [0.717, 1.165) is 48.0 Å². The Hall–Kier alpha value is -2.30. The van der Waals surface area contributed by atoms with Crippen LogP contribution in [0.25, 0.3) is 10.9 Å². The van der Waals surface area contributed by atoms with Crippen molar-refractivity contribution in [2.75, 3.05) is 13.7 Å². The minimum absolute atomic E-state index is 0.105. The molecule has 6 rings (SSSR count). The van der Waals surface area contributed by atoms with Gasteiger partial charge in [0.1, 0.15) is 5.41 Å². The maximum Gasteiger partial charge on any atom is 0.319 e. The lowest BCUT2D eigenvalue weighted by Gasteiger charge is -2.57. The highest BCUT2D eigenvalue weighted by molar-refractivity contribution is 5.96. The number of nitrogens with one attached hydrogen (secondary N) is 1. The van der Waals surface area contributed by atoms with Crippen molar-refractivity contribution in [3.05, 3.63) is 35.5 Å². The van der Waals surface area contributed by atoms with Crippen LogP contribution in [0, 0.1) is 11.8 Å². The number of carbonyl (C=O) groups is 2. The average Bonchev–Trinajstić information content (AvgIpc) is 3.02. The Kier molecular flexibility index (Phi) is 3.27. The highest BCUT2D eigenvalue weighted by Crippen LogP contribution is 2.55. The molecule has 1 aromatic heterocycles. The number of fused-ring (bicyclic) bond motifs is 4. The summed E-state index contributed by atoms with van der Waals surface area (Å²) in [5.74, 6) is 0.640. The van der Waals surface area contributed by atoms with Gasteiger partial charge in [0, 0.05) is 23.1 Å². The van der Waals surface area contributed by atoms with Crippen molar-refractivity contribution in [2.45, 2.75) is 44.1 Å². The third-order valence-corrected chi connectivity index (χ3v) is 6.97. The van der Waals surface area contributed by atoms with Crippen LogP contribution in [0.1, 0.15) is 37.4 Å². The predicted molar refractivity (Wildman–Crippen MR) is 97.7 cm³/mol. The Morgan fingerprint density at radius 2 is 2.19 bits per heavy atom. The molecule has 4 atom stereocenters. The molecule has 2 aromatic rings. The van der Waals surface area contributed by atoms with Crippen LogP contribution >= 0.6 is 0 Å². The Balaban J connectivity index is 1.84. The van der Waals surface area contributed by atoms with Crippen LogP contribution in [0.2, 0.25) is 0 Å². The topological polar surface area (TPSA) is 62.4 Å². The molecule has 3 fully saturated rings. The van der Waals surface area contributed by atoms with Gasteiger partial charge in [-0.25, -0.2) is 0 Å².